The fourth-order valence-electron chi connectivity index (χ4n) is 5.71. The summed E-state index contributed by atoms with van der Waals surface area (Å²) >= 11 is 0. The van der Waals surface area contributed by atoms with Gasteiger partial charge in [-0.15, -0.1) is 0 Å². The number of aliphatic hydroxyl groups is 1. The van der Waals surface area contributed by atoms with Crippen molar-refractivity contribution in [3.05, 3.63) is 119 Å². The van der Waals surface area contributed by atoms with Crippen molar-refractivity contribution in [1.29, 1.82) is 0 Å². The predicted molar refractivity (Wildman–Crippen MR) is 179 cm³/mol. The zero-order chi connectivity index (χ0) is 33.5. The van der Waals surface area contributed by atoms with Gasteiger partial charge in [-0.3, -0.25) is 9.59 Å². The maximum atomic E-state index is 11.7. The normalized spacial score (nSPS) is 17.7. The third kappa shape index (κ3) is 7.31. The van der Waals surface area contributed by atoms with Crippen LogP contribution in [0.1, 0.15) is 47.2 Å². The molecule has 0 saturated carbocycles. The summed E-state index contributed by atoms with van der Waals surface area (Å²) in [7, 11) is 3.23. The first-order valence-corrected chi connectivity index (χ1v) is 15.5. The summed E-state index contributed by atoms with van der Waals surface area (Å²) in [6, 6.07) is 29.7. The number of ether oxygens (including phenoxy) is 4. The van der Waals surface area contributed by atoms with Crippen molar-refractivity contribution >= 4 is 24.2 Å². The Morgan fingerprint density at radius 1 is 0.625 bits per heavy atom. The van der Waals surface area contributed by atoms with Crippen LogP contribution in [0.5, 0.6) is 23.0 Å². The van der Waals surface area contributed by atoms with Gasteiger partial charge in [-0.25, -0.2) is 10.0 Å². The van der Waals surface area contributed by atoms with Crippen LogP contribution in [0.4, 0.5) is 0 Å². The van der Waals surface area contributed by atoms with Gasteiger partial charge in [0.15, 0.2) is 0 Å². The van der Waals surface area contributed by atoms with Crippen molar-refractivity contribution in [2.24, 2.45) is 10.2 Å². The van der Waals surface area contributed by atoms with Gasteiger partial charge in [-0.2, -0.15) is 10.2 Å². The van der Waals surface area contributed by atoms with Gasteiger partial charge >= 0.3 is 0 Å². The Kier molecular flexibility index (Phi) is 9.96. The molecule has 4 aromatic carbocycles. The first-order chi connectivity index (χ1) is 23.5. The van der Waals surface area contributed by atoms with E-state index in [1.807, 2.05) is 97.1 Å². The highest BCUT2D eigenvalue weighted by molar-refractivity contribution is 6.03. The number of amides is 2. The number of hydrazone groups is 2. The van der Waals surface area contributed by atoms with Gasteiger partial charge < -0.3 is 24.1 Å². The number of nitrogens with zero attached hydrogens (tertiary/aromatic N) is 4. The summed E-state index contributed by atoms with van der Waals surface area (Å²) in [6.07, 6.45) is 1.78. The van der Waals surface area contributed by atoms with Crippen LogP contribution in [0.3, 0.4) is 0 Å². The molecule has 0 bridgehead atoms. The molecule has 0 aliphatic carbocycles. The second-order valence-electron chi connectivity index (χ2n) is 11.4. The van der Waals surface area contributed by atoms with Crippen molar-refractivity contribution in [3.63, 3.8) is 0 Å². The first-order valence-electron chi connectivity index (χ1n) is 15.5. The highest BCUT2D eigenvalue weighted by Gasteiger charge is 2.30. The molecule has 0 spiro atoms. The smallest absolute Gasteiger partial charge is 0.230 e. The molecule has 2 atom stereocenters. The molecule has 0 saturated heterocycles. The summed E-state index contributed by atoms with van der Waals surface area (Å²) in [5.74, 6) is 2.69. The van der Waals surface area contributed by atoms with Crippen LogP contribution in [0, 0.1) is 0 Å². The number of methoxy groups -OCH3 is 2. The number of benzene rings is 4. The van der Waals surface area contributed by atoms with E-state index in [4.69, 9.17) is 18.9 Å². The van der Waals surface area contributed by atoms with Gasteiger partial charge in [0.05, 0.1) is 37.7 Å². The quantitative estimate of drug-likeness (QED) is 0.188. The SMILES string of the molecule is COc1ccc(C2CC(c3ccc(OCC(O)COc4ccc(C5=NN(C=O)C(c6ccc(OC)cc6)C5)cc4)cc3)=NN2C=O)cc1. The second kappa shape index (κ2) is 14.8. The highest BCUT2D eigenvalue weighted by atomic mass is 16.5. The third-order valence-corrected chi connectivity index (χ3v) is 8.36. The van der Waals surface area contributed by atoms with E-state index in [1.54, 1.807) is 14.2 Å². The summed E-state index contributed by atoms with van der Waals surface area (Å²) < 4.78 is 22.1. The lowest BCUT2D eigenvalue weighted by atomic mass is 9.98. The Balaban J connectivity index is 0.971. The standard InChI is InChI=1S/C37H36N4O7/c1-45-30-11-7-27(8-12-30)36-19-34(38-40(36)23-42)25-3-15-32(16-4-25)47-21-29(44)22-48-33-17-5-26(6-18-33)35-20-37(41(24-43)39-35)28-9-13-31(46-2)14-10-28/h3-18,23-24,29,36-37,44H,19-22H2,1-2H3. The molecule has 0 radical (unpaired) electrons. The minimum absolute atomic E-state index is 0.0436. The summed E-state index contributed by atoms with van der Waals surface area (Å²) in [4.78, 5) is 23.4. The topological polar surface area (TPSA) is 122 Å². The molecular weight excluding hydrogens is 612 g/mol. The van der Waals surface area contributed by atoms with Gasteiger partial charge in [-0.05, 0) is 95.1 Å². The number of carbonyl (C=O) groups is 2. The van der Waals surface area contributed by atoms with Crippen LogP contribution in [0.15, 0.2) is 107 Å². The summed E-state index contributed by atoms with van der Waals surface area (Å²) in [5.41, 5.74) is 5.31. The average molecular weight is 649 g/mol. The molecule has 11 nitrogen and oxygen atoms in total. The first kappa shape index (κ1) is 32.3. The monoisotopic (exact) mass is 648 g/mol. The van der Waals surface area contributed by atoms with Crippen molar-refractivity contribution in [2.75, 3.05) is 27.4 Å². The molecule has 2 heterocycles. The molecule has 246 valence electrons. The van der Waals surface area contributed by atoms with E-state index in [9.17, 15) is 14.7 Å². The van der Waals surface area contributed by atoms with E-state index in [0.717, 1.165) is 58.0 Å². The maximum Gasteiger partial charge on any atom is 0.230 e. The van der Waals surface area contributed by atoms with E-state index in [1.165, 1.54) is 10.0 Å². The van der Waals surface area contributed by atoms with Crippen LogP contribution in [0.2, 0.25) is 0 Å². The molecule has 1 N–H and O–H groups in total. The Bertz CT molecular complexity index is 1630. The second-order valence-corrected chi connectivity index (χ2v) is 11.4. The van der Waals surface area contributed by atoms with E-state index >= 15 is 0 Å². The molecule has 11 heteroatoms. The van der Waals surface area contributed by atoms with E-state index < -0.39 is 6.10 Å². The van der Waals surface area contributed by atoms with Crippen molar-refractivity contribution in [2.45, 2.75) is 31.0 Å². The number of rotatable bonds is 14. The predicted octanol–water partition coefficient (Wildman–Crippen LogP) is 5.14. The lowest BCUT2D eigenvalue weighted by Gasteiger charge is -2.17. The molecule has 48 heavy (non-hydrogen) atoms. The Hall–Kier alpha value is -5.68. The minimum atomic E-state index is -0.861. The summed E-state index contributed by atoms with van der Waals surface area (Å²) in [5, 5.41) is 22.4. The Labute approximate surface area is 278 Å². The van der Waals surface area contributed by atoms with Crippen LogP contribution in [-0.2, 0) is 9.59 Å². The van der Waals surface area contributed by atoms with Gasteiger partial charge in [0.1, 0.15) is 42.3 Å². The van der Waals surface area contributed by atoms with Crippen LogP contribution in [-0.4, -0.2) is 72.9 Å². The average Bonchev–Trinajstić information content (AvgIpc) is 3.79. The summed E-state index contributed by atoms with van der Waals surface area (Å²) in [6.45, 7) is 0.0872. The van der Waals surface area contributed by atoms with Gasteiger partial charge in [-0.1, -0.05) is 24.3 Å². The molecule has 2 aliphatic rings. The molecule has 4 aromatic rings. The molecular formula is C37H36N4O7. The number of aliphatic hydroxyl groups excluding tert-OH is 1. The van der Waals surface area contributed by atoms with Crippen LogP contribution >= 0.6 is 0 Å². The number of hydrogen-bond donors (Lipinski definition) is 1. The molecule has 2 aliphatic heterocycles. The minimum Gasteiger partial charge on any atom is -0.497 e. The lowest BCUT2D eigenvalue weighted by molar-refractivity contribution is -0.120. The Morgan fingerprint density at radius 2 is 0.979 bits per heavy atom. The van der Waals surface area contributed by atoms with Crippen molar-refractivity contribution in [3.8, 4) is 23.0 Å². The molecule has 0 aromatic heterocycles. The zero-order valence-corrected chi connectivity index (χ0v) is 26.6. The fourth-order valence-corrected chi connectivity index (χ4v) is 5.71. The fraction of sp³-hybridized carbons (Fsp3) is 0.243. The van der Waals surface area contributed by atoms with Gasteiger partial charge in [0.25, 0.3) is 0 Å². The van der Waals surface area contributed by atoms with E-state index in [0.29, 0.717) is 24.3 Å². The van der Waals surface area contributed by atoms with Gasteiger partial charge in [0.2, 0.25) is 12.8 Å². The zero-order valence-electron chi connectivity index (χ0n) is 26.6. The van der Waals surface area contributed by atoms with Gasteiger partial charge in [0, 0.05) is 12.8 Å². The van der Waals surface area contributed by atoms with E-state index in [-0.39, 0.29) is 25.3 Å². The molecule has 2 unspecified atom stereocenters. The van der Waals surface area contributed by atoms with Crippen LogP contribution < -0.4 is 18.9 Å². The molecule has 6 rings (SSSR count). The number of carbonyl (C=O) groups excluding carboxylic acids is 2. The van der Waals surface area contributed by atoms with Crippen molar-refractivity contribution < 1.29 is 33.6 Å². The largest absolute Gasteiger partial charge is 0.497 e. The van der Waals surface area contributed by atoms with Crippen LogP contribution in [0.25, 0.3) is 0 Å². The lowest BCUT2D eigenvalue weighted by Crippen LogP contribution is -2.25. The third-order valence-electron chi connectivity index (χ3n) is 8.36. The van der Waals surface area contributed by atoms with Crippen molar-refractivity contribution in [1.82, 2.24) is 10.0 Å². The molecule has 0 fully saturated rings. The highest BCUT2D eigenvalue weighted by Crippen LogP contribution is 2.34. The maximum absolute atomic E-state index is 11.7. The Morgan fingerprint density at radius 3 is 1.31 bits per heavy atom. The molecule has 2 amide bonds. The number of hydrogen-bond acceptors (Lipinski definition) is 9. The van der Waals surface area contributed by atoms with E-state index in [2.05, 4.69) is 10.2 Å².